The van der Waals surface area contributed by atoms with Gasteiger partial charge in [0.1, 0.15) is 5.82 Å². The van der Waals surface area contributed by atoms with E-state index in [2.05, 4.69) is 20.5 Å². The van der Waals surface area contributed by atoms with Crippen LogP contribution >= 0.6 is 0 Å². The van der Waals surface area contributed by atoms with E-state index in [1.54, 1.807) is 19.2 Å². The van der Waals surface area contributed by atoms with E-state index in [0.717, 1.165) is 25.5 Å². The third-order valence-electron chi connectivity index (χ3n) is 3.77. The van der Waals surface area contributed by atoms with Gasteiger partial charge in [0.25, 0.3) is 0 Å². The lowest BCUT2D eigenvalue weighted by Gasteiger charge is -2.16. The molecule has 5 heteroatoms. The Morgan fingerprint density at radius 1 is 1.24 bits per heavy atom. The summed E-state index contributed by atoms with van der Waals surface area (Å²) in [5, 5.41) is 6.41. The Kier molecular flexibility index (Phi) is 6.47. The number of benzene rings is 1. The van der Waals surface area contributed by atoms with Crippen molar-refractivity contribution in [3.05, 3.63) is 35.6 Å². The SMILES string of the molecule is CN=C(NCCCN1CCCC1)NCc1ccccc1F. The van der Waals surface area contributed by atoms with Crippen molar-refractivity contribution in [3.63, 3.8) is 0 Å². The molecule has 2 N–H and O–H groups in total. The Bertz CT molecular complexity index is 455. The van der Waals surface area contributed by atoms with Gasteiger partial charge in [-0.1, -0.05) is 18.2 Å². The van der Waals surface area contributed by atoms with Gasteiger partial charge in [-0.25, -0.2) is 4.39 Å². The standard InChI is InChI=1S/C16H25FN4/c1-18-16(19-9-6-12-21-10-4-5-11-21)20-13-14-7-2-3-8-15(14)17/h2-3,7-8H,4-6,9-13H2,1H3,(H2,18,19,20). The maximum Gasteiger partial charge on any atom is 0.191 e. The van der Waals surface area contributed by atoms with Crippen LogP contribution in [0.5, 0.6) is 0 Å². The van der Waals surface area contributed by atoms with Gasteiger partial charge in [-0.2, -0.15) is 0 Å². The number of likely N-dealkylation sites (tertiary alicyclic amines) is 1. The maximum atomic E-state index is 13.5. The highest BCUT2D eigenvalue weighted by Crippen LogP contribution is 2.07. The molecule has 0 radical (unpaired) electrons. The summed E-state index contributed by atoms with van der Waals surface area (Å²) < 4.78 is 13.5. The van der Waals surface area contributed by atoms with Crippen molar-refractivity contribution in [1.82, 2.24) is 15.5 Å². The molecule has 0 spiro atoms. The Balaban J connectivity index is 1.65. The second kappa shape index (κ2) is 8.62. The molecule has 4 nitrogen and oxygen atoms in total. The van der Waals surface area contributed by atoms with Gasteiger partial charge in [0.15, 0.2) is 5.96 Å². The molecule has 1 aliphatic heterocycles. The summed E-state index contributed by atoms with van der Waals surface area (Å²) in [4.78, 5) is 6.66. The molecule has 1 aliphatic rings. The molecule has 1 fully saturated rings. The highest BCUT2D eigenvalue weighted by molar-refractivity contribution is 5.79. The smallest absolute Gasteiger partial charge is 0.191 e. The summed E-state index contributed by atoms with van der Waals surface area (Å²) in [5.74, 6) is 0.536. The van der Waals surface area contributed by atoms with Crippen LogP contribution in [0.1, 0.15) is 24.8 Å². The molecule has 0 bridgehead atoms. The lowest BCUT2D eigenvalue weighted by atomic mass is 10.2. The summed E-state index contributed by atoms with van der Waals surface area (Å²) in [5.41, 5.74) is 0.650. The number of halogens is 1. The van der Waals surface area contributed by atoms with Gasteiger partial charge in [-0.3, -0.25) is 4.99 Å². The molecule has 1 heterocycles. The quantitative estimate of drug-likeness (QED) is 0.478. The first-order valence-electron chi connectivity index (χ1n) is 7.70. The van der Waals surface area contributed by atoms with Crippen LogP contribution in [0.15, 0.2) is 29.3 Å². The van der Waals surface area contributed by atoms with E-state index in [0.29, 0.717) is 12.1 Å². The zero-order valence-electron chi connectivity index (χ0n) is 12.7. The number of nitrogens with zero attached hydrogens (tertiary/aromatic N) is 2. The minimum absolute atomic E-state index is 0.186. The van der Waals surface area contributed by atoms with Crippen molar-refractivity contribution < 1.29 is 4.39 Å². The predicted molar refractivity (Wildman–Crippen MR) is 84.9 cm³/mol. The zero-order chi connectivity index (χ0) is 14.9. The summed E-state index contributed by atoms with van der Waals surface area (Å²) in [7, 11) is 1.73. The molecule has 2 rings (SSSR count). The topological polar surface area (TPSA) is 39.7 Å². The third kappa shape index (κ3) is 5.34. The van der Waals surface area contributed by atoms with Crippen LogP contribution in [0.4, 0.5) is 4.39 Å². The molecule has 0 atom stereocenters. The van der Waals surface area contributed by atoms with Gasteiger partial charge < -0.3 is 15.5 Å². The van der Waals surface area contributed by atoms with Crippen LogP contribution in [0.3, 0.4) is 0 Å². The average Bonchev–Trinajstić information content (AvgIpc) is 3.01. The number of hydrogen-bond donors (Lipinski definition) is 2. The van der Waals surface area contributed by atoms with Crippen molar-refractivity contribution in [1.29, 1.82) is 0 Å². The van der Waals surface area contributed by atoms with Crippen molar-refractivity contribution in [2.75, 3.05) is 33.2 Å². The molecule has 0 aromatic heterocycles. The monoisotopic (exact) mass is 292 g/mol. The molecule has 0 aliphatic carbocycles. The van der Waals surface area contributed by atoms with Gasteiger partial charge in [0.05, 0.1) is 0 Å². The average molecular weight is 292 g/mol. The minimum atomic E-state index is -0.186. The first-order valence-corrected chi connectivity index (χ1v) is 7.70. The summed E-state index contributed by atoms with van der Waals surface area (Å²) in [6.45, 7) is 4.93. The van der Waals surface area contributed by atoms with Crippen molar-refractivity contribution in [3.8, 4) is 0 Å². The maximum absolute atomic E-state index is 13.5. The Labute approximate surface area is 126 Å². The van der Waals surface area contributed by atoms with E-state index in [4.69, 9.17) is 0 Å². The van der Waals surface area contributed by atoms with Crippen LogP contribution < -0.4 is 10.6 Å². The largest absolute Gasteiger partial charge is 0.356 e. The fraction of sp³-hybridized carbons (Fsp3) is 0.562. The predicted octanol–water partition coefficient (Wildman–Crippen LogP) is 1.98. The number of nitrogens with one attached hydrogen (secondary N) is 2. The lowest BCUT2D eigenvalue weighted by molar-refractivity contribution is 0.334. The van der Waals surface area contributed by atoms with Gasteiger partial charge in [0, 0.05) is 25.7 Å². The fourth-order valence-electron chi connectivity index (χ4n) is 2.56. The van der Waals surface area contributed by atoms with Crippen LogP contribution in [-0.2, 0) is 6.54 Å². The number of guanidine groups is 1. The first kappa shape index (κ1) is 15.8. The normalized spacial score (nSPS) is 16.2. The minimum Gasteiger partial charge on any atom is -0.356 e. The van der Waals surface area contributed by atoms with E-state index in [-0.39, 0.29) is 5.82 Å². The number of aliphatic imine (C=N–C) groups is 1. The molecule has 1 aromatic carbocycles. The van der Waals surface area contributed by atoms with Crippen molar-refractivity contribution in [2.24, 2.45) is 4.99 Å². The zero-order valence-corrected chi connectivity index (χ0v) is 12.7. The van der Waals surface area contributed by atoms with Crippen molar-refractivity contribution >= 4 is 5.96 Å². The van der Waals surface area contributed by atoms with Gasteiger partial charge in [-0.05, 0) is 45.0 Å². The Morgan fingerprint density at radius 2 is 2.00 bits per heavy atom. The van der Waals surface area contributed by atoms with Crippen LogP contribution in [0, 0.1) is 5.82 Å². The Hall–Kier alpha value is -1.62. The van der Waals surface area contributed by atoms with Crippen LogP contribution in [-0.4, -0.2) is 44.1 Å². The van der Waals surface area contributed by atoms with E-state index >= 15 is 0 Å². The molecule has 116 valence electrons. The molecule has 1 aromatic rings. The van der Waals surface area contributed by atoms with Gasteiger partial charge in [-0.15, -0.1) is 0 Å². The summed E-state index contributed by atoms with van der Waals surface area (Å²) in [6.07, 6.45) is 3.76. The van der Waals surface area contributed by atoms with E-state index in [1.807, 2.05) is 6.07 Å². The molecule has 0 saturated carbocycles. The van der Waals surface area contributed by atoms with Crippen LogP contribution in [0.2, 0.25) is 0 Å². The highest BCUT2D eigenvalue weighted by Gasteiger charge is 2.10. The molecular weight excluding hydrogens is 267 g/mol. The lowest BCUT2D eigenvalue weighted by Crippen LogP contribution is -2.38. The fourth-order valence-corrected chi connectivity index (χ4v) is 2.56. The third-order valence-corrected chi connectivity index (χ3v) is 3.77. The molecule has 21 heavy (non-hydrogen) atoms. The van der Waals surface area contributed by atoms with E-state index in [1.165, 1.54) is 32.0 Å². The van der Waals surface area contributed by atoms with Gasteiger partial charge in [0.2, 0.25) is 0 Å². The number of hydrogen-bond acceptors (Lipinski definition) is 2. The molecular formula is C16H25FN4. The molecule has 0 amide bonds. The second-order valence-corrected chi connectivity index (χ2v) is 5.35. The first-order chi connectivity index (χ1) is 10.3. The molecule has 0 unspecified atom stereocenters. The summed E-state index contributed by atoms with van der Waals surface area (Å²) >= 11 is 0. The number of rotatable bonds is 6. The van der Waals surface area contributed by atoms with Crippen molar-refractivity contribution in [2.45, 2.75) is 25.8 Å². The Morgan fingerprint density at radius 3 is 2.71 bits per heavy atom. The van der Waals surface area contributed by atoms with E-state index in [9.17, 15) is 4.39 Å². The summed E-state index contributed by atoms with van der Waals surface area (Å²) in [6, 6.07) is 6.79. The second-order valence-electron chi connectivity index (χ2n) is 5.35. The highest BCUT2D eigenvalue weighted by atomic mass is 19.1. The van der Waals surface area contributed by atoms with Gasteiger partial charge >= 0.3 is 0 Å². The molecule has 1 saturated heterocycles. The van der Waals surface area contributed by atoms with E-state index < -0.39 is 0 Å². The van der Waals surface area contributed by atoms with Crippen LogP contribution in [0.25, 0.3) is 0 Å².